The first-order chi connectivity index (χ1) is 10.6. The number of carbonyl (C=O) groups excluding carboxylic acids is 1. The summed E-state index contributed by atoms with van der Waals surface area (Å²) in [7, 11) is 0. The molecule has 0 aromatic heterocycles. The molecule has 1 aliphatic heterocycles. The number of hydrogen-bond acceptors (Lipinski definition) is 4. The Morgan fingerprint density at radius 2 is 2.23 bits per heavy atom. The molecular weight excluding hydrogens is 280 g/mol. The first-order valence-corrected chi connectivity index (χ1v) is 7.82. The summed E-state index contributed by atoms with van der Waals surface area (Å²) in [6, 6.07) is 6.20. The first kappa shape index (κ1) is 16.7. The van der Waals surface area contributed by atoms with Gasteiger partial charge in [-0.05, 0) is 37.5 Å². The van der Waals surface area contributed by atoms with Crippen molar-refractivity contribution in [1.82, 2.24) is 0 Å². The summed E-state index contributed by atoms with van der Waals surface area (Å²) in [6.45, 7) is 7.71. The van der Waals surface area contributed by atoms with Crippen LogP contribution in [0.15, 0.2) is 24.3 Å². The van der Waals surface area contributed by atoms with Crippen molar-refractivity contribution in [2.24, 2.45) is 0 Å². The van der Waals surface area contributed by atoms with Crippen molar-refractivity contribution in [1.29, 1.82) is 0 Å². The van der Waals surface area contributed by atoms with Crippen LogP contribution < -0.4 is 0 Å². The van der Waals surface area contributed by atoms with Crippen LogP contribution in [0.5, 0.6) is 0 Å². The maximum Gasteiger partial charge on any atom is 0.330 e. The van der Waals surface area contributed by atoms with Gasteiger partial charge in [-0.2, -0.15) is 0 Å². The average molecular weight is 304 g/mol. The zero-order valence-electron chi connectivity index (χ0n) is 13.5. The van der Waals surface area contributed by atoms with Crippen molar-refractivity contribution in [2.45, 2.75) is 39.4 Å². The highest BCUT2D eigenvalue weighted by atomic mass is 16.6. The van der Waals surface area contributed by atoms with Gasteiger partial charge in [0.2, 0.25) is 0 Å². The summed E-state index contributed by atoms with van der Waals surface area (Å²) in [6.07, 6.45) is 4.40. The van der Waals surface area contributed by atoms with E-state index in [2.05, 4.69) is 25.1 Å². The van der Waals surface area contributed by atoms with E-state index in [4.69, 9.17) is 14.2 Å². The molecule has 4 nitrogen and oxygen atoms in total. The summed E-state index contributed by atoms with van der Waals surface area (Å²) >= 11 is 0. The SMILES string of the molecule is CCOC(=O)/C=C/c1cc(C)ccc1[C@@H](CC)OC[C@H]1CO1. The summed E-state index contributed by atoms with van der Waals surface area (Å²) in [5.74, 6) is -0.324. The third kappa shape index (κ3) is 4.97. The molecule has 0 bridgehead atoms. The second kappa shape index (κ2) is 8.11. The highest BCUT2D eigenvalue weighted by molar-refractivity contribution is 5.87. The van der Waals surface area contributed by atoms with Crippen LogP contribution in [0.2, 0.25) is 0 Å². The van der Waals surface area contributed by atoms with Gasteiger partial charge in [-0.15, -0.1) is 0 Å². The highest BCUT2D eigenvalue weighted by Crippen LogP contribution is 2.28. The number of ether oxygens (including phenoxy) is 3. The Balaban J connectivity index is 2.15. The Kier molecular flexibility index (Phi) is 6.16. The van der Waals surface area contributed by atoms with E-state index in [0.717, 1.165) is 29.7 Å². The summed E-state index contributed by atoms with van der Waals surface area (Å²) < 4.78 is 16.1. The lowest BCUT2D eigenvalue weighted by molar-refractivity contribution is -0.137. The second-order valence-corrected chi connectivity index (χ2v) is 5.40. The zero-order chi connectivity index (χ0) is 15.9. The Morgan fingerprint density at radius 3 is 2.86 bits per heavy atom. The standard InChI is InChI=1S/C18H24O4/c1-4-17(22-12-15-11-21-15)16-8-6-13(3)10-14(16)7-9-18(19)20-5-2/h6-10,15,17H,4-5,11-12H2,1-3H3/b9-7+/t15-,17-/m1/s1. The number of rotatable bonds is 8. The predicted octanol–water partition coefficient (Wildman–Crippen LogP) is 3.44. The molecule has 1 fully saturated rings. The highest BCUT2D eigenvalue weighted by Gasteiger charge is 2.24. The van der Waals surface area contributed by atoms with Gasteiger partial charge in [0.05, 0.1) is 25.9 Å². The van der Waals surface area contributed by atoms with E-state index in [1.807, 2.05) is 6.92 Å². The predicted molar refractivity (Wildman–Crippen MR) is 85.6 cm³/mol. The molecule has 2 atom stereocenters. The molecule has 0 radical (unpaired) electrons. The van der Waals surface area contributed by atoms with Crippen molar-refractivity contribution < 1.29 is 19.0 Å². The smallest absolute Gasteiger partial charge is 0.330 e. The van der Waals surface area contributed by atoms with Crippen LogP contribution >= 0.6 is 0 Å². The molecule has 1 saturated heterocycles. The van der Waals surface area contributed by atoms with E-state index in [0.29, 0.717) is 13.2 Å². The van der Waals surface area contributed by atoms with Crippen molar-refractivity contribution in [3.8, 4) is 0 Å². The van der Waals surface area contributed by atoms with E-state index in [1.54, 1.807) is 13.0 Å². The van der Waals surface area contributed by atoms with Gasteiger partial charge in [-0.25, -0.2) is 4.79 Å². The maximum absolute atomic E-state index is 11.5. The van der Waals surface area contributed by atoms with Crippen molar-refractivity contribution >= 4 is 12.0 Å². The molecule has 1 aromatic rings. The van der Waals surface area contributed by atoms with Gasteiger partial charge >= 0.3 is 5.97 Å². The summed E-state index contributed by atoms with van der Waals surface area (Å²) in [5, 5.41) is 0. The van der Waals surface area contributed by atoms with Gasteiger partial charge in [0.15, 0.2) is 0 Å². The zero-order valence-corrected chi connectivity index (χ0v) is 13.5. The average Bonchev–Trinajstić information content (AvgIpc) is 3.32. The van der Waals surface area contributed by atoms with Gasteiger partial charge in [0.25, 0.3) is 0 Å². The Hall–Kier alpha value is -1.65. The largest absolute Gasteiger partial charge is 0.463 e. The van der Waals surface area contributed by atoms with Gasteiger partial charge in [0.1, 0.15) is 6.10 Å². The van der Waals surface area contributed by atoms with E-state index < -0.39 is 0 Å². The Bertz CT molecular complexity index is 532. The lowest BCUT2D eigenvalue weighted by Gasteiger charge is -2.19. The van der Waals surface area contributed by atoms with E-state index in [1.165, 1.54) is 6.08 Å². The minimum absolute atomic E-state index is 0.00615. The number of benzene rings is 1. The van der Waals surface area contributed by atoms with Crippen molar-refractivity contribution in [3.05, 3.63) is 41.0 Å². The third-order valence-corrected chi connectivity index (χ3v) is 3.53. The second-order valence-electron chi connectivity index (χ2n) is 5.40. The number of hydrogen-bond donors (Lipinski definition) is 0. The molecule has 1 aliphatic rings. The van der Waals surface area contributed by atoms with Crippen LogP contribution in [0.3, 0.4) is 0 Å². The lowest BCUT2D eigenvalue weighted by atomic mass is 9.98. The Morgan fingerprint density at radius 1 is 1.45 bits per heavy atom. The van der Waals surface area contributed by atoms with Gasteiger partial charge in [0, 0.05) is 6.08 Å². The molecule has 0 N–H and O–H groups in total. The topological polar surface area (TPSA) is 48.1 Å². The maximum atomic E-state index is 11.5. The fraction of sp³-hybridized carbons (Fsp3) is 0.500. The molecule has 0 saturated carbocycles. The third-order valence-electron chi connectivity index (χ3n) is 3.53. The fourth-order valence-corrected chi connectivity index (χ4v) is 2.30. The van der Waals surface area contributed by atoms with Crippen LogP contribution in [-0.4, -0.2) is 31.9 Å². The van der Waals surface area contributed by atoms with E-state index in [-0.39, 0.29) is 18.2 Å². The molecule has 0 aliphatic carbocycles. The van der Waals surface area contributed by atoms with Crippen LogP contribution in [0.25, 0.3) is 6.08 Å². The lowest BCUT2D eigenvalue weighted by Crippen LogP contribution is -2.10. The quantitative estimate of drug-likeness (QED) is 0.419. The minimum Gasteiger partial charge on any atom is -0.463 e. The van der Waals surface area contributed by atoms with Crippen LogP contribution in [0.1, 0.15) is 43.1 Å². The first-order valence-electron chi connectivity index (χ1n) is 7.82. The van der Waals surface area contributed by atoms with Gasteiger partial charge in [-0.1, -0.05) is 30.7 Å². The van der Waals surface area contributed by atoms with Crippen LogP contribution in [-0.2, 0) is 19.0 Å². The van der Waals surface area contributed by atoms with Gasteiger partial charge in [-0.3, -0.25) is 0 Å². The molecule has 2 rings (SSSR count). The normalized spacial score (nSPS) is 18.4. The molecular formula is C18H24O4. The molecule has 0 unspecified atom stereocenters. The molecule has 0 amide bonds. The van der Waals surface area contributed by atoms with Gasteiger partial charge < -0.3 is 14.2 Å². The van der Waals surface area contributed by atoms with E-state index >= 15 is 0 Å². The minimum atomic E-state index is -0.324. The number of carbonyl (C=O) groups is 1. The number of epoxide rings is 1. The van der Waals surface area contributed by atoms with Crippen LogP contribution in [0, 0.1) is 6.92 Å². The van der Waals surface area contributed by atoms with Crippen LogP contribution in [0.4, 0.5) is 0 Å². The van der Waals surface area contributed by atoms with E-state index in [9.17, 15) is 4.79 Å². The number of esters is 1. The Labute approximate surface area is 132 Å². The molecule has 1 aromatic carbocycles. The molecule has 4 heteroatoms. The molecule has 0 spiro atoms. The summed E-state index contributed by atoms with van der Waals surface area (Å²) in [5.41, 5.74) is 3.23. The number of aryl methyl sites for hydroxylation is 1. The molecule has 22 heavy (non-hydrogen) atoms. The van der Waals surface area contributed by atoms with Crippen molar-refractivity contribution in [2.75, 3.05) is 19.8 Å². The fourth-order valence-electron chi connectivity index (χ4n) is 2.30. The monoisotopic (exact) mass is 304 g/mol. The van der Waals surface area contributed by atoms with Crippen molar-refractivity contribution in [3.63, 3.8) is 0 Å². The summed E-state index contributed by atoms with van der Waals surface area (Å²) in [4.78, 5) is 11.5. The molecule has 1 heterocycles. The molecule has 120 valence electrons.